The van der Waals surface area contributed by atoms with Gasteiger partial charge in [-0.2, -0.15) is 0 Å². The molecule has 0 aromatic heterocycles. The first-order valence-electron chi connectivity index (χ1n) is 3.74. The smallest absolute Gasteiger partial charge is 0.306 e. The number of allylic oxidation sites excluding steroid dienone is 1. The first kappa shape index (κ1) is 10.0. The highest BCUT2D eigenvalue weighted by Crippen LogP contribution is 2.11. The summed E-state index contributed by atoms with van der Waals surface area (Å²) in [5.74, 6) is -1.13. The molecule has 2 N–H and O–H groups in total. The van der Waals surface area contributed by atoms with Gasteiger partial charge in [-0.25, -0.2) is 0 Å². The molecular formula is C8H14O3. The maximum atomic E-state index is 10.5. The third-order valence-electron chi connectivity index (χ3n) is 1.51. The van der Waals surface area contributed by atoms with Gasteiger partial charge in [0, 0.05) is 0 Å². The van der Waals surface area contributed by atoms with Gasteiger partial charge < -0.3 is 10.2 Å². The molecule has 0 bridgehead atoms. The van der Waals surface area contributed by atoms with Crippen molar-refractivity contribution in [2.75, 3.05) is 0 Å². The van der Waals surface area contributed by atoms with Gasteiger partial charge in [0.15, 0.2) is 0 Å². The molecule has 0 aliphatic rings. The van der Waals surface area contributed by atoms with Gasteiger partial charge in [-0.05, 0) is 18.9 Å². The summed E-state index contributed by atoms with van der Waals surface area (Å²) in [4.78, 5) is 10.5. The van der Waals surface area contributed by atoms with Crippen LogP contribution in [0, 0.1) is 5.92 Å². The molecule has 0 fully saturated rings. The minimum atomic E-state index is -0.787. The number of aliphatic hydroxyl groups excluding tert-OH is 1. The lowest BCUT2D eigenvalue weighted by Crippen LogP contribution is -2.12. The number of carboxylic acids is 1. The lowest BCUT2D eigenvalue weighted by Gasteiger charge is -2.06. The highest BCUT2D eigenvalue weighted by molar-refractivity contribution is 5.70. The Morgan fingerprint density at radius 1 is 1.64 bits per heavy atom. The van der Waals surface area contributed by atoms with Gasteiger partial charge in [0.1, 0.15) is 0 Å². The summed E-state index contributed by atoms with van der Waals surface area (Å²) in [6, 6.07) is 0. The Kier molecular flexibility index (Phi) is 5.25. The highest BCUT2D eigenvalue weighted by atomic mass is 16.4. The lowest BCUT2D eigenvalue weighted by molar-refractivity contribution is -0.141. The van der Waals surface area contributed by atoms with E-state index >= 15 is 0 Å². The number of hydrogen-bond donors (Lipinski definition) is 2. The lowest BCUT2D eigenvalue weighted by atomic mass is 10.0. The minimum Gasteiger partial charge on any atom is -0.516 e. The van der Waals surface area contributed by atoms with Crippen LogP contribution in [0.3, 0.4) is 0 Å². The van der Waals surface area contributed by atoms with Crippen LogP contribution in [0.25, 0.3) is 0 Å². The number of rotatable bonds is 5. The maximum Gasteiger partial charge on any atom is 0.306 e. The Labute approximate surface area is 66.4 Å². The number of carbonyl (C=O) groups is 1. The topological polar surface area (TPSA) is 57.5 Å². The zero-order valence-electron chi connectivity index (χ0n) is 6.66. The number of aliphatic hydroxyl groups is 1. The molecule has 0 saturated heterocycles. The summed E-state index contributed by atoms with van der Waals surface area (Å²) in [5, 5.41) is 16.9. The zero-order chi connectivity index (χ0) is 8.69. The summed E-state index contributed by atoms with van der Waals surface area (Å²) in [7, 11) is 0. The second-order valence-electron chi connectivity index (χ2n) is 2.44. The van der Waals surface area contributed by atoms with Gasteiger partial charge in [-0.1, -0.05) is 13.3 Å². The SMILES string of the molecule is CCCC(CC=CO)C(=O)O. The molecule has 3 nitrogen and oxygen atoms in total. The highest BCUT2D eigenvalue weighted by Gasteiger charge is 2.13. The van der Waals surface area contributed by atoms with E-state index in [-0.39, 0.29) is 5.92 Å². The van der Waals surface area contributed by atoms with Gasteiger partial charge in [-0.15, -0.1) is 0 Å². The minimum absolute atomic E-state index is 0.344. The van der Waals surface area contributed by atoms with E-state index in [9.17, 15) is 4.79 Å². The molecular weight excluding hydrogens is 144 g/mol. The van der Waals surface area contributed by atoms with Gasteiger partial charge in [0.25, 0.3) is 0 Å². The van der Waals surface area contributed by atoms with Crippen LogP contribution in [0.4, 0.5) is 0 Å². The van der Waals surface area contributed by atoms with E-state index in [0.717, 1.165) is 12.7 Å². The van der Waals surface area contributed by atoms with Crippen LogP contribution in [0.2, 0.25) is 0 Å². The van der Waals surface area contributed by atoms with Crippen molar-refractivity contribution in [3.05, 3.63) is 12.3 Å². The molecule has 0 aromatic carbocycles. The van der Waals surface area contributed by atoms with Crippen LogP contribution < -0.4 is 0 Å². The largest absolute Gasteiger partial charge is 0.516 e. The van der Waals surface area contributed by atoms with Crippen LogP contribution in [0.1, 0.15) is 26.2 Å². The summed E-state index contributed by atoms with van der Waals surface area (Å²) in [5.41, 5.74) is 0. The van der Waals surface area contributed by atoms with Crippen molar-refractivity contribution in [3.63, 3.8) is 0 Å². The van der Waals surface area contributed by atoms with E-state index in [4.69, 9.17) is 10.2 Å². The Bertz CT molecular complexity index is 140. The predicted octanol–water partition coefficient (Wildman–Crippen LogP) is 1.95. The monoisotopic (exact) mass is 158 g/mol. The summed E-state index contributed by atoms with van der Waals surface area (Å²) < 4.78 is 0. The van der Waals surface area contributed by atoms with Crippen molar-refractivity contribution in [3.8, 4) is 0 Å². The van der Waals surface area contributed by atoms with Gasteiger partial charge in [0.2, 0.25) is 0 Å². The molecule has 0 saturated carbocycles. The molecule has 0 aliphatic carbocycles. The van der Waals surface area contributed by atoms with Gasteiger partial charge in [-0.3, -0.25) is 4.79 Å². The van der Waals surface area contributed by atoms with Crippen LogP contribution in [0.15, 0.2) is 12.3 Å². The summed E-state index contributed by atoms with van der Waals surface area (Å²) in [6.45, 7) is 1.94. The Morgan fingerprint density at radius 3 is 2.64 bits per heavy atom. The Hall–Kier alpha value is -0.990. The van der Waals surface area contributed by atoms with Crippen LogP contribution >= 0.6 is 0 Å². The molecule has 0 aromatic rings. The average molecular weight is 158 g/mol. The second kappa shape index (κ2) is 5.77. The number of hydrogen-bond acceptors (Lipinski definition) is 2. The molecule has 64 valence electrons. The first-order chi connectivity index (χ1) is 5.22. The Morgan fingerprint density at radius 2 is 2.27 bits per heavy atom. The van der Waals surface area contributed by atoms with Gasteiger partial charge in [0.05, 0.1) is 12.2 Å². The molecule has 0 spiro atoms. The van der Waals surface area contributed by atoms with Crippen LogP contribution in [-0.4, -0.2) is 16.2 Å². The number of aliphatic carboxylic acids is 1. The standard InChI is InChI=1S/C8H14O3/c1-2-4-7(8(10)11)5-3-6-9/h3,6-7,9H,2,4-5H2,1H3,(H,10,11). The molecule has 0 heterocycles. The van der Waals surface area contributed by atoms with E-state index in [1.807, 2.05) is 6.92 Å². The average Bonchev–Trinajstić information content (AvgIpc) is 1.97. The Balaban J connectivity index is 3.79. The predicted molar refractivity (Wildman–Crippen MR) is 42.4 cm³/mol. The molecule has 1 atom stereocenters. The fraction of sp³-hybridized carbons (Fsp3) is 0.625. The zero-order valence-corrected chi connectivity index (χ0v) is 6.66. The second-order valence-corrected chi connectivity index (χ2v) is 2.44. The van der Waals surface area contributed by atoms with Crippen LogP contribution in [0.5, 0.6) is 0 Å². The van der Waals surface area contributed by atoms with Crippen LogP contribution in [-0.2, 0) is 4.79 Å². The van der Waals surface area contributed by atoms with Crippen molar-refractivity contribution in [2.24, 2.45) is 5.92 Å². The number of carboxylic acid groups (broad SMARTS) is 1. The van der Waals surface area contributed by atoms with Crippen molar-refractivity contribution < 1.29 is 15.0 Å². The summed E-state index contributed by atoms with van der Waals surface area (Å²) >= 11 is 0. The third-order valence-corrected chi connectivity index (χ3v) is 1.51. The van der Waals surface area contributed by atoms with Crippen molar-refractivity contribution in [1.82, 2.24) is 0 Å². The van der Waals surface area contributed by atoms with E-state index < -0.39 is 5.97 Å². The van der Waals surface area contributed by atoms with E-state index in [1.165, 1.54) is 6.08 Å². The summed E-state index contributed by atoms with van der Waals surface area (Å²) in [6.07, 6.45) is 4.30. The fourth-order valence-corrected chi connectivity index (χ4v) is 0.916. The third kappa shape index (κ3) is 4.42. The molecule has 0 rings (SSSR count). The van der Waals surface area contributed by atoms with Crippen molar-refractivity contribution in [1.29, 1.82) is 0 Å². The quantitative estimate of drug-likeness (QED) is 0.601. The van der Waals surface area contributed by atoms with Crippen molar-refractivity contribution in [2.45, 2.75) is 26.2 Å². The maximum absolute atomic E-state index is 10.5. The molecule has 0 amide bonds. The molecule has 0 aliphatic heterocycles. The van der Waals surface area contributed by atoms with Crippen molar-refractivity contribution >= 4 is 5.97 Å². The normalized spacial score (nSPS) is 13.5. The molecule has 11 heavy (non-hydrogen) atoms. The van der Waals surface area contributed by atoms with E-state index in [2.05, 4.69) is 0 Å². The molecule has 0 radical (unpaired) electrons. The van der Waals surface area contributed by atoms with E-state index in [0.29, 0.717) is 12.8 Å². The van der Waals surface area contributed by atoms with Gasteiger partial charge >= 0.3 is 5.97 Å². The molecule has 3 heteroatoms. The van der Waals surface area contributed by atoms with E-state index in [1.54, 1.807) is 0 Å². The first-order valence-corrected chi connectivity index (χ1v) is 3.74. The fourth-order valence-electron chi connectivity index (χ4n) is 0.916. The molecule has 1 unspecified atom stereocenters.